The number of rotatable bonds is 20. The van der Waals surface area contributed by atoms with E-state index in [1.807, 2.05) is 74.5 Å². The number of carbonyl (C=O) groups excluding carboxylic acids is 4. The van der Waals surface area contributed by atoms with Crippen LogP contribution in [0.5, 0.6) is 0 Å². The molecule has 58 heavy (non-hydrogen) atoms. The van der Waals surface area contributed by atoms with Gasteiger partial charge in [0.2, 0.25) is 23.6 Å². The Morgan fingerprint density at radius 3 is 1.86 bits per heavy atom. The van der Waals surface area contributed by atoms with Crippen LogP contribution >= 0.6 is 0 Å². The smallest absolute Gasteiger partial charge is 0.480 e. The molecule has 322 valence electrons. The molecule has 2 aromatic rings. The number of nitrogens with two attached hydrogens (primary N) is 2. The molecule has 0 spiro atoms. The summed E-state index contributed by atoms with van der Waals surface area (Å²) in [6, 6.07) is 16.5. The highest BCUT2D eigenvalue weighted by Gasteiger charge is 2.41. The first-order valence-corrected chi connectivity index (χ1v) is 19.3. The zero-order chi connectivity index (χ0) is 43.5. The molecule has 1 fully saturated rings. The fourth-order valence-corrected chi connectivity index (χ4v) is 6.16. The Bertz CT molecular complexity index is 1630. The number of hydrogen-bond donors (Lipinski definition) is 8. The molecule has 0 saturated carbocycles. The van der Waals surface area contributed by atoms with Crippen molar-refractivity contribution in [3.63, 3.8) is 0 Å². The summed E-state index contributed by atoms with van der Waals surface area (Å²) < 4.78 is 31.7. The van der Waals surface area contributed by atoms with Crippen LogP contribution in [-0.4, -0.2) is 113 Å². The number of carbonyl (C=O) groups is 6. The van der Waals surface area contributed by atoms with E-state index >= 15 is 0 Å². The average Bonchev–Trinajstić information content (AvgIpc) is 3.17. The third-order valence-electron chi connectivity index (χ3n) is 9.58. The van der Waals surface area contributed by atoms with Crippen LogP contribution in [0.3, 0.4) is 0 Å². The van der Waals surface area contributed by atoms with E-state index in [-0.39, 0.29) is 62.5 Å². The molecule has 15 nitrogen and oxygen atoms in total. The van der Waals surface area contributed by atoms with E-state index in [2.05, 4.69) is 28.2 Å². The molecular formula is C40H58F3N7O8. The van der Waals surface area contributed by atoms with Gasteiger partial charge < -0.3 is 47.8 Å². The van der Waals surface area contributed by atoms with Gasteiger partial charge in [0.25, 0.3) is 0 Å². The zero-order valence-electron chi connectivity index (χ0n) is 33.2. The minimum absolute atomic E-state index is 0.00643. The van der Waals surface area contributed by atoms with Gasteiger partial charge in [-0.25, -0.2) is 4.79 Å². The highest BCUT2D eigenvalue weighted by molar-refractivity contribution is 5.94. The monoisotopic (exact) mass is 821 g/mol. The van der Waals surface area contributed by atoms with E-state index < -0.39 is 53.6 Å². The Morgan fingerprint density at radius 2 is 1.34 bits per heavy atom. The lowest BCUT2D eigenvalue weighted by atomic mass is 9.88. The van der Waals surface area contributed by atoms with E-state index in [9.17, 15) is 42.3 Å². The van der Waals surface area contributed by atoms with Gasteiger partial charge in [-0.15, -0.1) is 0 Å². The summed E-state index contributed by atoms with van der Waals surface area (Å²) in [5.41, 5.74) is 12.3. The number of nitrogens with zero attached hydrogens (tertiary/aromatic N) is 1. The molecule has 4 atom stereocenters. The molecule has 4 amide bonds. The van der Waals surface area contributed by atoms with Crippen LogP contribution in [0.4, 0.5) is 13.2 Å². The number of likely N-dealkylation sites (tertiary alicyclic amines) is 1. The molecule has 10 N–H and O–H groups in total. The summed E-state index contributed by atoms with van der Waals surface area (Å²) in [4.78, 5) is 76.6. The predicted octanol–water partition coefficient (Wildman–Crippen LogP) is 2.29. The van der Waals surface area contributed by atoms with Gasteiger partial charge >= 0.3 is 18.1 Å². The van der Waals surface area contributed by atoms with Crippen molar-refractivity contribution in [1.29, 1.82) is 0 Å². The van der Waals surface area contributed by atoms with Crippen molar-refractivity contribution in [1.82, 2.24) is 26.2 Å². The van der Waals surface area contributed by atoms with Gasteiger partial charge in [0, 0.05) is 26.1 Å². The molecule has 1 heterocycles. The number of aliphatic carboxylic acids is 2. The van der Waals surface area contributed by atoms with Crippen molar-refractivity contribution < 1.29 is 52.2 Å². The molecule has 0 unspecified atom stereocenters. The van der Waals surface area contributed by atoms with Crippen molar-refractivity contribution in [2.24, 2.45) is 17.4 Å². The third kappa shape index (κ3) is 17.2. The highest BCUT2D eigenvalue weighted by atomic mass is 19.4. The Balaban J connectivity index is 0.00000151. The Morgan fingerprint density at radius 1 is 0.810 bits per heavy atom. The lowest BCUT2D eigenvalue weighted by molar-refractivity contribution is -0.192. The number of amides is 4. The van der Waals surface area contributed by atoms with E-state index in [4.69, 9.17) is 21.4 Å². The standard InChI is InChI=1S/C38H57N7O6.C2HF3O2/c1-26(2)22-31(34(47)43-30(16-10-11-19-39)36(49)45-20-17-38(40,18-21-45)37(50)51)44-35(48)32(23-28-12-6-4-7-13-28)42-33(46)25-41-24-27(3)29-14-8-5-9-15-29;3-2(4,5)1(6)7/h4-9,12-15,26-27,30-32,41H,10-11,16-25,39-40H2,1-3H3,(H,42,46)(H,43,47)(H,44,48)(H,50,51);(H,6,7)/t27-,30-,31-,32-;/m1./s1. The van der Waals surface area contributed by atoms with Gasteiger partial charge in [0.05, 0.1) is 6.54 Å². The van der Waals surface area contributed by atoms with Gasteiger partial charge in [-0.1, -0.05) is 81.4 Å². The predicted molar refractivity (Wildman–Crippen MR) is 210 cm³/mol. The van der Waals surface area contributed by atoms with E-state index in [1.54, 1.807) is 0 Å². The maximum absolute atomic E-state index is 13.9. The van der Waals surface area contributed by atoms with Crippen LogP contribution in [0.15, 0.2) is 60.7 Å². The summed E-state index contributed by atoms with van der Waals surface area (Å²) >= 11 is 0. The molecule has 0 radical (unpaired) electrons. The van der Waals surface area contributed by atoms with Gasteiger partial charge in [-0.2, -0.15) is 13.2 Å². The lowest BCUT2D eigenvalue weighted by Gasteiger charge is -2.38. The molecule has 2 aromatic carbocycles. The summed E-state index contributed by atoms with van der Waals surface area (Å²) in [6.45, 7) is 7.22. The summed E-state index contributed by atoms with van der Waals surface area (Å²) in [5, 5.41) is 28.4. The number of piperidine rings is 1. The Labute approximate surface area is 336 Å². The molecule has 0 aromatic heterocycles. The Kier molecular flexibility index (Phi) is 20.3. The van der Waals surface area contributed by atoms with Crippen molar-refractivity contribution in [3.8, 4) is 0 Å². The number of carboxylic acid groups (broad SMARTS) is 2. The van der Waals surface area contributed by atoms with Crippen molar-refractivity contribution >= 4 is 35.6 Å². The lowest BCUT2D eigenvalue weighted by Crippen LogP contribution is -2.60. The second-order valence-electron chi connectivity index (χ2n) is 14.9. The summed E-state index contributed by atoms with van der Waals surface area (Å²) in [5.74, 6) is -5.38. The van der Waals surface area contributed by atoms with Crippen LogP contribution in [0.2, 0.25) is 0 Å². The summed E-state index contributed by atoms with van der Waals surface area (Å²) in [7, 11) is 0. The molecule has 0 aliphatic carbocycles. The second kappa shape index (κ2) is 24.0. The first-order valence-electron chi connectivity index (χ1n) is 19.3. The maximum Gasteiger partial charge on any atom is 0.490 e. The van der Waals surface area contributed by atoms with Crippen LogP contribution < -0.4 is 32.7 Å². The maximum atomic E-state index is 13.9. The second-order valence-corrected chi connectivity index (χ2v) is 14.9. The number of benzene rings is 2. The molecule has 1 aliphatic rings. The normalized spacial score (nSPS) is 15.8. The molecule has 1 saturated heterocycles. The zero-order valence-corrected chi connectivity index (χ0v) is 33.2. The van der Waals surface area contributed by atoms with Crippen molar-refractivity contribution in [2.75, 3.05) is 32.7 Å². The van der Waals surface area contributed by atoms with Gasteiger partial charge in [0.15, 0.2) is 0 Å². The fraction of sp³-hybridized carbons (Fsp3) is 0.550. The molecule has 1 aliphatic heterocycles. The van der Waals surface area contributed by atoms with E-state index in [0.29, 0.717) is 38.8 Å². The SMILES string of the molecule is CC(C)C[C@@H](NC(=O)[C@@H](Cc1ccccc1)NC(=O)CNC[C@@H](C)c1ccccc1)C(=O)N[C@H](CCCCN)C(=O)N1CCC(N)(C(=O)O)CC1.O=C(O)C(F)(F)F. The number of nitrogens with one attached hydrogen (secondary N) is 4. The van der Waals surface area contributed by atoms with Crippen LogP contribution in [-0.2, 0) is 35.2 Å². The van der Waals surface area contributed by atoms with Crippen LogP contribution in [0.1, 0.15) is 76.3 Å². The van der Waals surface area contributed by atoms with Crippen molar-refractivity contribution in [2.45, 2.75) is 101 Å². The molecular weight excluding hydrogens is 763 g/mol. The molecule has 3 rings (SSSR count). The first-order chi connectivity index (χ1) is 27.3. The Hall–Kier alpha value is -5.07. The van der Waals surface area contributed by atoms with E-state index in [1.165, 1.54) is 4.90 Å². The van der Waals surface area contributed by atoms with Gasteiger partial charge in [-0.05, 0) is 68.0 Å². The van der Waals surface area contributed by atoms with Crippen LogP contribution in [0, 0.1) is 5.92 Å². The number of carboxylic acids is 2. The average molecular weight is 822 g/mol. The minimum Gasteiger partial charge on any atom is -0.480 e. The van der Waals surface area contributed by atoms with Crippen molar-refractivity contribution in [3.05, 3.63) is 71.8 Å². The third-order valence-corrected chi connectivity index (χ3v) is 9.58. The largest absolute Gasteiger partial charge is 0.490 e. The minimum atomic E-state index is -5.08. The van der Waals surface area contributed by atoms with Gasteiger partial charge in [0.1, 0.15) is 23.7 Å². The summed E-state index contributed by atoms with van der Waals surface area (Å²) in [6.07, 6.45) is -2.82. The number of halogens is 3. The highest BCUT2D eigenvalue weighted by Crippen LogP contribution is 2.22. The fourth-order valence-electron chi connectivity index (χ4n) is 6.16. The van der Waals surface area contributed by atoms with Gasteiger partial charge in [-0.3, -0.25) is 24.0 Å². The topological polar surface area (TPSA) is 246 Å². The number of unbranched alkanes of at least 4 members (excludes halogenated alkanes) is 1. The molecule has 18 heteroatoms. The quantitative estimate of drug-likeness (QED) is 0.0901. The first kappa shape index (κ1) is 49.1. The number of hydrogen-bond acceptors (Lipinski definition) is 9. The molecule has 0 bridgehead atoms. The van der Waals surface area contributed by atoms with E-state index in [0.717, 1.165) is 11.1 Å². The van der Waals surface area contributed by atoms with Crippen LogP contribution in [0.25, 0.3) is 0 Å². The number of alkyl halides is 3.